The number of nitrogen functional groups attached to an aromatic ring is 2. The lowest BCUT2D eigenvalue weighted by atomic mass is 10.1. The first-order valence-electron chi connectivity index (χ1n) is 12.1. The summed E-state index contributed by atoms with van der Waals surface area (Å²) in [6, 6.07) is 1.63. The second-order valence-electron chi connectivity index (χ2n) is 9.53. The largest absolute Gasteiger partial charge is 0.394 e. The summed E-state index contributed by atoms with van der Waals surface area (Å²) in [5.74, 6) is 0.0293. The second kappa shape index (κ2) is 9.86. The Kier molecular flexibility index (Phi) is 6.59. The molecular weight excluding hydrogens is 553 g/mol. The van der Waals surface area contributed by atoms with Crippen LogP contribution >= 0.6 is 7.60 Å². The fourth-order valence-corrected chi connectivity index (χ4v) is 6.68. The lowest BCUT2D eigenvalue weighted by Gasteiger charge is -2.25. The molecule has 0 aliphatic carbocycles. The van der Waals surface area contributed by atoms with Crippen molar-refractivity contribution in [1.82, 2.24) is 34.1 Å². The number of rotatable bonds is 7. The molecule has 18 nitrogen and oxygen atoms in total. The number of nitrogens with two attached hydrogens (primary N) is 2. The summed E-state index contributed by atoms with van der Waals surface area (Å²) in [7, 11) is -4.56. The van der Waals surface area contributed by atoms with Crippen LogP contribution in [0.15, 0.2) is 29.7 Å². The van der Waals surface area contributed by atoms with E-state index in [0.717, 1.165) is 0 Å². The van der Waals surface area contributed by atoms with Gasteiger partial charge in [0.1, 0.15) is 41.8 Å². The van der Waals surface area contributed by atoms with E-state index in [2.05, 4.69) is 24.9 Å². The van der Waals surface area contributed by atoms with Crippen molar-refractivity contribution in [1.29, 1.82) is 0 Å². The zero-order chi connectivity index (χ0) is 28.3. The summed E-state index contributed by atoms with van der Waals surface area (Å²) in [6.45, 7) is -1.02. The SMILES string of the molecule is Nc1nc2c(ncn2[C@@H]2O[C@H](CO)C[C@H]2P(=O)(O)OC[C@H]2O[C@@H](n3ccc4c(N)ncnc43)[C@H](O)[C@@H]2O)c(=O)[nH]1. The van der Waals surface area contributed by atoms with Crippen molar-refractivity contribution >= 4 is 41.6 Å². The summed E-state index contributed by atoms with van der Waals surface area (Å²) in [5.41, 5.74) is 10.0. The molecule has 0 radical (unpaired) electrons. The standard InChI is InChI=1S/C21H26N9O9P/c22-15-9-1-2-29(16(9)25-6-24-15)20-14(33)13(32)10(39-20)5-37-40(35,36)11-3-8(4-31)38-19(11)30-7-26-12-17(30)27-21(23)28-18(12)34/h1-2,6-8,10-11,13-14,19-20,31-33H,3-5H2,(H,35,36)(H2,22,24,25)(H3,23,27,28,34)/t8-,10+,11+,13+,14+,19+,20+/m0/s1. The van der Waals surface area contributed by atoms with Crippen molar-refractivity contribution in [3.05, 3.63) is 35.3 Å². The number of aromatic nitrogens is 7. The summed E-state index contributed by atoms with van der Waals surface area (Å²) in [5, 5.41) is 31.5. The molecule has 2 aliphatic heterocycles. The van der Waals surface area contributed by atoms with Crippen LogP contribution in [0.1, 0.15) is 18.9 Å². The normalized spacial score (nSPS) is 30.4. The first-order chi connectivity index (χ1) is 19.1. The van der Waals surface area contributed by atoms with Crippen molar-refractivity contribution in [3.8, 4) is 0 Å². The highest BCUT2D eigenvalue weighted by Gasteiger charge is 2.50. The van der Waals surface area contributed by atoms with Gasteiger partial charge in [-0.15, -0.1) is 0 Å². The zero-order valence-electron chi connectivity index (χ0n) is 20.6. The molecule has 40 heavy (non-hydrogen) atoms. The number of aromatic amines is 1. The minimum Gasteiger partial charge on any atom is -0.394 e. The van der Waals surface area contributed by atoms with Gasteiger partial charge in [0.05, 0.1) is 31.0 Å². The van der Waals surface area contributed by atoms with Gasteiger partial charge < -0.3 is 50.2 Å². The molecule has 0 aromatic carbocycles. The van der Waals surface area contributed by atoms with Gasteiger partial charge in [0.2, 0.25) is 5.95 Å². The monoisotopic (exact) mass is 579 g/mol. The predicted octanol–water partition coefficient (Wildman–Crippen LogP) is -1.80. The number of hydrogen-bond donors (Lipinski definition) is 7. The topological polar surface area (TPSA) is 272 Å². The summed E-state index contributed by atoms with van der Waals surface area (Å²) in [4.78, 5) is 41.7. The van der Waals surface area contributed by atoms with E-state index in [-0.39, 0.29) is 29.4 Å². The van der Waals surface area contributed by atoms with Gasteiger partial charge in [0.25, 0.3) is 5.56 Å². The molecule has 2 aliphatic rings. The van der Waals surface area contributed by atoms with E-state index >= 15 is 0 Å². The van der Waals surface area contributed by atoms with Crippen molar-refractivity contribution in [2.75, 3.05) is 24.7 Å². The van der Waals surface area contributed by atoms with E-state index in [9.17, 15) is 29.6 Å². The van der Waals surface area contributed by atoms with Crippen LogP contribution in [0, 0.1) is 0 Å². The predicted molar refractivity (Wildman–Crippen MR) is 136 cm³/mol. The maximum absolute atomic E-state index is 13.5. The molecule has 9 N–H and O–H groups in total. The summed E-state index contributed by atoms with van der Waals surface area (Å²) in [6.07, 6.45) is -3.27. The number of fused-ring (bicyclic) bond motifs is 2. The van der Waals surface area contributed by atoms with Gasteiger partial charge in [-0.3, -0.25) is 18.9 Å². The Hall–Kier alpha value is -3.48. The van der Waals surface area contributed by atoms with Crippen molar-refractivity contribution in [2.45, 2.75) is 49.0 Å². The molecule has 6 rings (SSSR count). The number of anilines is 2. The Morgan fingerprint density at radius 2 is 1.93 bits per heavy atom. The third kappa shape index (κ3) is 4.34. The lowest BCUT2D eigenvalue weighted by molar-refractivity contribution is -0.0492. The van der Waals surface area contributed by atoms with E-state index in [4.69, 9.17) is 25.5 Å². The van der Waals surface area contributed by atoms with Crippen LogP contribution < -0.4 is 17.0 Å². The maximum atomic E-state index is 13.5. The Balaban J connectivity index is 1.22. The molecule has 0 amide bonds. The first-order valence-corrected chi connectivity index (χ1v) is 13.8. The molecule has 214 valence electrons. The minimum atomic E-state index is -4.56. The van der Waals surface area contributed by atoms with Crippen LogP contribution in [0.25, 0.3) is 22.2 Å². The van der Waals surface area contributed by atoms with Crippen LogP contribution in [0.2, 0.25) is 0 Å². The molecular formula is C21H26N9O9P. The number of nitrogens with one attached hydrogen (secondary N) is 1. The third-order valence-corrected chi connectivity index (χ3v) is 8.91. The first kappa shape index (κ1) is 26.7. The van der Waals surface area contributed by atoms with Crippen LogP contribution in [0.5, 0.6) is 0 Å². The van der Waals surface area contributed by atoms with Gasteiger partial charge >= 0.3 is 7.60 Å². The smallest absolute Gasteiger partial charge is 0.335 e. The van der Waals surface area contributed by atoms with Crippen LogP contribution in [-0.2, 0) is 18.6 Å². The van der Waals surface area contributed by atoms with E-state index in [1.807, 2.05) is 0 Å². The van der Waals surface area contributed by atoms with Gasteiger partial charge in [0, 0.05) is 6.20 Å². The Labute approximate surface area is 223 Å². The van der Waals surface area contributed by atoms with Crippen LogP contribution in [0.4, 0.5) is 11.8 Å². The van der Waals surface area contributed by atoms with Gasteiger partial charge in [-0.25, -0.2) is 15.0 Å². The fraction of sp³-hybridized carbons (Fsp3) is 0.476. The van der Waals surface area contributed by atoms with Gasteiger partial charge in [-0.1, -0.05) is 0 Å². The van der Waals surface area contributed by atoms with Crippen molar-refractivity contribution in [3.63, 3.8) is 0 Å². The van der Waals surface area contributed by atoms with E-state index in [0.29, 0.717) is 11.0 Å². The third-order valence-electron chi connectivity index (χ3n) is 7.09. The molecule has 2 saturated heterocycles. The average Bonchev–Trinajstić information content (AvgIpc) is 3.69. The zero-order valence-corrected chi connectivity index (χ0v) is 21.5. The molecule has 0 spiro atoms. The van der Waals surface area contributed by atoms with E-state index in [1.54, 1.807) is 12.3 Å². The lowest BCUT2D eigenvalue weighted by Crippen LogP contribution is -2.34. The molecule has 4 aromatic rings. The number of aliphatic hydroxyl groups excluding tert-OH is 3. The Bertz CT molecular complexity index is 1670. The summed E-state index contributed by atoms with van der Waals surface area (Å²) >= 11 is 0. The molecule has 6 heterocycles. The number of hydrogen-bond acceptors (Lipinski definition) is 14. The highest BCUT2D eigenvalue weighted by Crippen LogP contribution is 2.57. The fourth-order valence-electron chi connectivity index (χ4n) is 5.09. The number of H-pyrrole nitrogens is 1. The van der Waals surface area contributed by atoms with Crippen molar-refractivity contribution in [2.24, 2.45) is 0 Å². The van der Waals surface area contributed by atoms with Gasteiger partial charge in [0.15, 0.2) is 23.6 Å². The van der Waals surface area contributed by atoms with E-state index < -0.39 is 68.9 Å². The minimum absolute atomic E-state index is 0.0127. The highest BCUT2D eigenvalue weighted by atomic mass is 31.2. The summed E-state index contributed by atoms with van der Waals surface area (Å²) < 4.78 is 33.3. The number of imidazole rings is 1. The quantitative estimate of drug-likeness (QED) is 0.119. The number of ether oxygens (including phenoxy) is 2. The number of aliphatic hydroxyl groups is 3. The molecule has 8 atom stereocenters. The molecule has 2 fully saturated rings. The number of nitrogens with zero attached hydrogens (tertiary/aromatic N) is 6. The van der Waals surface area contributed by atoms with Gasteiger partial charge in [-0.2, -0.15) is 4.98 Å². The Morgan fingerprint density at radius 3 is 2.70 bits per heavy atom. The van der Waals surface area contributed by atoms with Gasteiger partial charge in [-0.05, 0) is 12.5 Å². The molecule has 4 aromatic heterocycles. The Morgan fingerprint density at radius 1 is 1.12 bits per heavy atom. The van der Waals surface area contributed by atoms with Crippen molar-refractivity contribution < 1.29 is 38.8 Å². The van der Waals surface area contributed by atoms with Crippen LogP contribution in [0.3, 0.4) is 0 Å². The maximum Gasteiger partial charge on any atom is 0.335 e. The van der Waals surface area contributed by atoms with E-state index in [1.165, 1.54) is 21.8 Å². The molecule has 0 bridgehead atoms. The highest BCUT2D eigenvalue weighted by molar-refractivity contribution is 7.53. The molecule has 0 saturated carbocycles. The second-order valence-corrected chi connectivity index (χ2v) is 11.6. The molecule has 19 heteroatoms. The molecule has 1 unspecified atom stereocenters. The van der Waals surface area contributed by atoms with Crippen LogP contribution in [-0.4, -0.2) is 97.6 Å². The average molecular weight is 579 g/mol.